The first-order chi connectivity index (χ1) is 34.5. The largest absolute Gasteiger partial charge is 0.462 e. The van der Waals surface area contributed by atoms with Crippen molar-refractivity contribution in [2.75, 3.05) is 13.2 Å². The fourth-order valence-corrected chi connectivity index (χ4v) is 8.62. The highest BCUT2D eigenvalue weighted by Gasteiger charge is 2.19. The molecule has 0 aliphatic heterocycles. The van der Waals surface area contributed by atoms with Gasteiger partial charge in [-0.3, -0.25) is 14.4 Å². The van der Waals surface area contributed by atoms with Gasteiger partial charge in [0.25, 0.3) is 0 Å². The van der Waals surface area contributed by atoms with E-state index in [0.717, 1.165) is 83.5 Å². The molecule has 0 aromatic rings. The topological polar surface area (TPSA) is 78.9 Å². The molecule has 70 heavy (non-hydrogen) atoms. The molecular formula is C64H114O6. The third-order valence-electron chi connectivity index (χ3n) is 13.2. The van der Waals surface area contributed by atoms with Crippen LogP contribution < -0.4 is 0 Å². The van der Waals surface area contributed by atoms with Crippen molar-refractivity contribution in [2.24, 2.45) is 0 Å². The van der Waals surface area contributed by atoms with Crippen LogP contribution in [0.4, 0.5) is 0 Å². The zero-order valence-corrected chi connectivity index (χ0v) is 46.5. The maximum Gasteiger partial charge on any atom is 0.306 e. The monoisotopic (exact) mass is 979 g/mol. The smallest absolute Gasteiger partial charge is 0.306 e. The van der Waals surface area contributed by atoms with Gasteiger partial charge in [0.1, 0.15) is 13.2 Å². The zero-order chi connectivity index (χ0) is 50.7. The molecule has 0 spiro atoms. The third kappa shape index (κ3) is 56.0. The molecule has 0 amide bonds. The Morgan fingerprint density at radius 3 is 0.829 bits per heavy atom. The van der Waals surface area contributed by atoms with Crippen molar-refractivity contribution < 1.29 is 28.6 Å². The van der Waals surface area contributed by atoms with E-state index in [2.05, 4.69) is 81.5 Å². The van der Waals surface area contributed by atoms with Crippen LogP contribution in [-0.2, 0) is 28.6 Å². The van der Waals surface area contributed by atoms with Crippen LogP contribution in [0.25, 0.3) is 0 Å². The van der Waals surface area contributed by atoms with Gasteiger partial charge in [0.2, 0.25) is 0 Å². The molecule has 1 atom stereocenters. The minimum Gasteiger partial charge on any atom is -0.462 e. The van der Waals surface area contributed by atoms with E-state index in [0.29, 0.717) is 19.3 Å². The van der Waals surface area contributed by atoms with Crippen LogP contribution in [0.15, 0.2) is 60.8 Å². The quantitative estimate of drug-likeness (QED) is 0.0261. The third-order valence-corrected chi connectivity index (χ3v) is 13.2. The molecule has 0 N–H and O–H groups in total. The summed E-state index contributed by atoms with van der Waals surface area (Å²) in [5.74, 6) is -0.887. The van der Waals surface area contributed by atoms with Crippen LogP contribution in [0.1, 0.15) is 310 Å². The van der Waals surface area contributed by atoms with Gasteiger partial charge < -0.3 is 14.2 Å². The summed E-state index contributed by atoms with van der Waals surface area (Å²) in [7, 11) is 0. The van der Waals surface area contributed by atoms with Gasteiger partial charge in [0.05, 0.1) is 0 Å². The van der Waals surface area contributed by atoms with Gasteiger partial charge in [0, 0.05) is 19.3 Å². The number of hydrogen-bond acceptors (Lipinski definition) is 6. The molecule has 0 aliphatic carbocycles. The van der Waals surface area contributed by atoms with E-state index in [9.17, 15) is 14.4 Å². The standard InChI is InChI=1S/C64H114O6/c1-4-7-10-13-16-19-22-25-27-29-30-31-32-33-34-36-37-39-42-45-48-51-54-57-63(66)69-60-61(59-68-62(65)56-53-50-47-44-41-24-21-18-15-12-9-6-3)70-64(67)58-55-52-49-46-43-40-38-35-28-26-23-20-17-14-11-8-5-2/h17-18,20-22,25-26,28-30,61H,4-16,19,23-24,27,31-60H2,1-3H3/b20-17-,21-18-,25-22-,28-26-,30-29-. The summed E-state index contributed by atoms with van der Waals surface area (Å²) >= 11 is 0. The lowest BCUT2D eigenvalue weighted by atomic mass is 10.0. The summed E-state index contributed by atoms with van der Waals surface area (Å²) in [4.78, 5) is 38.2. The van der Waals surface area contributed by atoms with Crippen molar-refractivity contribution in [3.05, 3.63) is 60.8 Å². The van der Waals surface area contributed by atoms with Crippen LogP contribution >= 0.6 is 0 Å². The molecule has 6 nitrogen and oxygen atoms in total. The second-order valence-corrected chi connectivity index (χ2v) is 20.2. The van der Waals surface area contributed by atoms with Gasteiger partial charge >= 0.3 is 17.9 Å². The molecule has 6 heteroatoms. The zero-order valence-electron chi connectivity index (χ0n) is 46.5. The van der Waals surface area contributed by atoms with E-state index >= 15 is 0 Å². The lowest BCUT2D eigenvalue weighted by molar-refractivity contribution is -0.167. The number of hydrogen-bond donors (Lipinski definition) is 0. The predicted octanol–water partition coefficient (Wildman–Crippen LogP) is 20.4. The summed E-state index contributed by atoms with van der Waals surface area (Å²) in [5.41, 5.74) is 0. The molecule has 0 aromatic carbocycles. The first-order valence-corrected chi connectivity index (χ1v) is 30.3. The average Bonchev–Trinajstić information content (AvgIpc) is 3.36. The fourth-order valence-electron chi connectivity index (χ4n) is 8.62. The minimum absolute atomic E-state index is 0.0799. The molecule has 0 rings (SSSR count). The second kappa shape index (κ2) is 58.7. The summed E-state index contributed by atoms with van der Waals surface area (Å²) in [6.07, 6.45) is 73.6. The van der Waals surface area contributed by atoms with Crippen LogP contribution in [0, 0.1) is 0 Å². The highest BCUT2D eigenvalue weighted by molar-refractivity contribution is 5.71. The molecule has 0 saturated heterocycles. The summed E-state index contributed by atoms with van der Waals surface area (Å²) in [6.45, 7) is 6.59. The molecule has 0 saturated carbocycles. The molecule has 0 heterocycles. The first kappa shape index (κ1) is 67.1. The molecule has 0 bridgehead atoms. The summed E-state index contributed by atoms with van der Waals surface area (Å²) < 4.78 is 16.9. The molecule has 0 aromatic heterocycles. The molecule has 406 valence electrons. The van der Waals surface area contributed by atoms with E-state index < -0.39 is 6.10 Å². The Labute approximate surface area is 434 Å². The molecule has 1 unspecified atom stereocenters. The number of rotatable bonds is 55. The van der Waals surface area contributed by atoms with E-state index in [1.807, 2.05) is 0 Å². The fraction of sp³-hybridized carbons (Fsp3) is 0.797. The van der Waals surface area contributed by atoms with Crippen molar-refractivity contribution >= 4 is 17.9 Å². The minimum atomic E-state index is -0.782. The Morgan fingerprint density at radius 2 is 0.514 bits per heavy atom. The Hall–Kier alpha value is -2.89. The van der Waals surface area contributed by atoms with Crippen LogP contribution in [0.3, 0.4) is 0 Å². The van der Waals surface area contributed by atoms with Crippen molar-refractivity contribution in [1.82, 2.24) is 0 Å². The Balaban J connectivity index is 4.31. The summed E-state index contributed by atoms with van der Waals surface area (Å²) in [5, 5.41) is 0. The molecule has 0 radical (unpaired) electrons. The van der Waals surface area contributed by atoms with Gasteiger partial charge in [-0.1, -0.05) is 242 Å². The number of unbranched alkanes of at least 4 members (excludes halogenated alkanes) is 34. The maximum atomic E-state index is 12.9. The van der Waals surface area contributed by atoms with Crippen molar-refractivity contribution in [3.8, 4) is 0 Å². The highest BCUT2D eigenvalue weighted by atomic mass is 16.6. The lowest BCUT2D eigenvalue weighted by Gasteiger charge is -2.18. The van der Waals surface area contributed by atoms with E-state index in [1.165, 1.54) is 186 Å². The van der Waals surface area contributed by atoms with Crippen LogP contribution in [0.5, 0.6) is 0 Å². The van der Waals surface area contributed by atoms with Gasteiger partial charge in [-0.2, -0.15) is 0 Å². The SMILES string of the molecule is CCCCC/C=C\C/C=C\CCCCCCCCCC(=O)OC(COC(=O)CCCCCCC/C=C\CCCCC)COC(=O)CCCCCCCCCCCCC/C=C\C/C=C\CCCCCCC. The van der Waals surface area contributed by atoms with Gasteiger partial charge in [-0.25, -0.2) is 0 Å². The maximum absolute atomic E-state index is 12.9. The molecule has 0 aliphatic rings. The number of ether oxygens (including phenoxy) is 3. The Kier molecular flexibility index (Phi) is 56.3. The Morgan fingerprint density at radius 1 is 0.286 bits per heavy atom. The number of esters is 3. The average molecular weight is 980 g/mol. The Bertz CT molecular complexity index is 1260. The first-order valence-electron chi connectivity index (χ1n) is 30.3. The van der Waals surface area contributed by atoms with E-state index in [4.69, 9.17) is 14.2 Å². The van der Waals surface area contributed by atoms with Gasteiger partial charge in [-0.05, 0) is 109 Å². The van der Waals surface area contributed by atoms with Crippen molar-refractivity contribution in [1.29, 1.82) is 0 Å². The van der Waals surface area contributed by atoms with Crippen molar-refractivity contribution in [2.45, 2.75) is 316 Å². The summed E-state index contributed by atoms with van der Waals surface area (Å²) in [6, 6.07) is 0. The number of carbonyl (C=O) groups excluding carboxylic acids is 3. The van der Waals surface area contributed by atoms with E-state index in [1.54, 1.807) is 0 Å². The normalized spacial score (nSPS) is 12.4. The predicted molar refractivity (Wildman–Crippen MR) is 302 cm³/mol. The van der Waals surface area contributed by atoms with Gasteiger partial charge in [-0.15, -0.1) is 0 Å². The molecular weight excluding hydrogens is 865 g/mol. The second-order valence-electron chi connectivity index (χ2n) is 20.2. The highest BCUT2D eigenvalue weighted by Crippen LogP contribution is 2.16. The molecule has 0 fully saturated rings. The number of carbonyl (C=O) groups is 3. The lowest BCUT2D eigenvalue weighted by Crippen LogP contribution is -2.30. The van der Waals surface area contributed by atoms with E-state index in [-0.39, 0.29) is 31.1 Å². The number of allylic oxidation sites excluding steroid dienone is 10. The van der Waals surface area contributed by atoms with Crippen molar-refractivity contribution in [3.63, 3.8) is 0 Å². The van der Waals surface area contributed by atoms with Crippen LogP contribution in [-0.4, -0.2) is 37.2 Å². The van der Waals surface area contributed by atoms with Gasteiger partial charge in [0.15, 0.2) is 6.10 Å². The van der Waals surface area contributed by atoms with Crippen LogP contribution in [0.2, 0.25) is 0 Å².